The van der Waals surface area contributed by atoms with Gasteiger partial charge in [-0.05, 0) is 59.0 Å². The SMILES string of the molecule is N#Cc1ccc(Cl)c(NC(=O)c2cccc(I)c2)c1. The smallest absolute Gasteiger partial charge is 0.255 e. The summed E-state index contributed by atoms with van der Waals surface area (Å²) in [6, 6.07) is 14.0. The molecule has 0 atom stereocenters. The Morgan fingerprint density at radius 2 is 2.05 bits per heavy atom. The van der Waals surface area contributed by atoms with Gasteiger partial charge in [0.25, 0.3) is 5.91 Å². The van der Waals surface area contributed by atoms with Crippen LogP contribution in [0.15, 0.2) is 42.5 Å². The van der Waals surface area contributed by atoms with Crippen molar-refractivity contribution >= 4 is 45.8 Å². The topological polar surface area (TPSA) is 52.9 Å². The number of hydrogen-bond donors (Lipinski definition) is 1. The molecule has 0 aliphatic heterocycles. The zero-order valence-electron chi connectivity index (χ0n) is 9.65. The second-order valence-corrected chi connectivity index (χ2v) is 5.42. The van der Waals surface area contributed by atoms with Crippen LogP contribution in [-0.2, 0) is 0 Å². The monoisotopic (exact) mass is 382 g/mol. The van der Waals surface area contributed by atoms with Crippen LogP contribution >= 0.6 is 34.2 Å². The molecule has 2 aromatic rings. The number of rotatable bonds is 2. The lowest BCUT2D eigenvalue weighted by Crippen LogP contribution is -2.12. The number of nitriles is 1. The van der Waals surface area contributed by atoms with Crippen molar-refractivity contribution in [1.82, 2.24) is 0 Å². The Kier molecular flexibility index (Phi) is 4.40. The van der Waals surface area contributed by atoms with Gasteiger partial charge in [-0.25, -0.2) is 0 Å². The average molecular weight is 383 g/mol. The van der Waals surface area contributed by atoms with E-state index < -0.39 is 0 Å². The first-order valence-corrected chi connectivity index (χ1v) is 6.82. The van der Waals surface area contributed by atoms with E-state index in [1.54, 1.807) is 30.3 Å². The van der Waals surface area contributed by atoms with Crippen molar-refractivity contribution in [2.45, 2.75) is 0 Å². The van der Waals surface area contributed by atoms with Crippen LogP contribution < -0.4 is 5.32 Å². The van der Waals surface area contributed by atoms with Crippen molar-refractivity contribution in [3.8, 4) is 6.07 Å². The molecule has 3 nitrogen and oxygen atoms in total. The number of amides is 1. The van der Waals surface area contributed by atoms with Gasteiger partial charge in [0.2, 0.25) is 0 Å². The number of hydrogen-bond acceptors (Lipinski definition) is 2. The third-order valence-corrected chi connectivity index (χ3v) is 3.43. The summed E-state index contributed by atoms with van der Waals surface area (Å²) in [7, 11) is 0. The van der Waals surface area contributed by atoms with Crippen molar-refractivity contribution < 1.29 is 4.79 Å². The summed E-state index contributed by atoms with van der Waals surface area (Å²) in [6.07, 6.45) is 0. The quantitative estimate of drug-likeness (QED) is 0.796. The first kappa shape index (κ1) is 13.8. The van der Waals surface area contributed by atoms with Gasteiger partial charge in [0.1, 0.15) is 0 Å². The van der Waals surface area contributed by atoms with Crippen molar-refractivity contribution in [3.05, 3.63) is 62.2 Å². The van der Waals surface area contributed by atoms with Crippen molar-refractivity contribution in [2.24, 2.45) is 0 Å². The third kappa shape index (κ3) is 3.46. The van der Waals surface area contributed by atoms with Crippen molar-refractivity contribution in [2.75, 3.05) is 5.32 Å². The molecule has 1 amide bonds. The van der Waals surface area contributed by atoms with E-state index in [2.05, 4.69) is 27.9 Å². The Hall–Kier alpha value is -1.58. The van der Waals surface area contributed by atoms with Gasteiger partial charge in [-0.3, -0.25) is 4.79 Å². The lowest BCUT2D eigenvalue weighted by atomic mass is 10.2. The first-order valence-electron chi connectivity index (χ1n) is 5.37. The minimum absolute atomic E-state index is 0.254. The summed E-state index contributed by atoms with van der Waals surface area (Å²) in [5.74, 6) is -0.254. The van der Waals surface area contributed by atoms with Gasteiger partial charge >= 0.3 is 0 Å². The second kappa shape index (κ2) is 6.04. The Morgan fingerprint density at radius 3 is 2.74 bits per heavy atom. The summed E-state index contributed by atoms with van der Waals surface area (Å²) in [5.41, 5.74) is 1.43. The second-order valence-electron chi connectivity index (χ2n) is 3.77. The zero-order chi connectivity index (χ0) is 13.8. The van der Waals surface area contributed by atoms with E-state index in [0.717, 1.165) is 3.57 Å². The molecule has 0 aromatic heterocycles. The summed E-state index contributed by atoms with van der Waals surface area (Å²) in [4.78, 5) is 12.1. The molecule has 1 N–H and O–H groups in total. The Morgan fingerprint density at radius 1 is 1.26 bits per heavy atom. The summed E-state index contributed by atoms with van der Waals surface area (Å²) in [6.45, 7) is 0. The van der Waals surface area contributed by atoms with Crippen LogP contribution in [0.3, 0.4) is 0 Å². The molecule has 0 saturated carbocycles. The molecule has 0 unspecified atom stereocenters. The highest BCUT2D eigenvalue weighted by molar-refractivity contribution is 14.1. The molecule has 2 rings (SSSR count). The zero-order valence-corrected chi connectivity index (χ0v) is 12.6. The van der Waals surface area contributed by atoms with E-state index in [1.165, 1.54) is 0 Å². The van der Waals surface area contributed by atoms with E-state index in [1.807, 2.05) is 18.2 Å². The highest BCUT2D eigenvalue weighted by Gasteiger charge is 2.09. The fourth-order valence-corrected chi connectivity index (χ4v) is 2.22. The Labute approximate surface area is 129 Å². The van der Waals surface area contributed by atoms with Gasteiger partial charge < -0.3 is 5.32 Å². The number of benzene rings is 2. The van der Waals surface area contributed by atoms with Crippen LogP contribution in [-0.4, -0.2) is 5.91 Å². The van der Waals surface area contributed by atoms with Crippen LogP contribution in [0.25, 0.3) is 0 Å². The van der Waals surface area contributed by atoms with Gasteiger partial charge in [-0.15, -0.1) is 0 Å². The average Bonchev–Trinajstić information content (AvgIpc) is 2.41. The maximum absolute atomic E-state index is 12.1. The molecule has 5 heteroatoms. The fraction of sp³-hybridized carbons (Fsp3) is 0. The minimum atomic E-state index is -0.254. The molecule has 19 heavy (non-hydrogen) atoms. The van der Waals surface area contributed by atoms with Gasteiger partial charge in [0.15, 0.2) is 0 Å². The Bertz CT molecular complexity index is 679. The van der Waals surface area contributed by atoms with Crippen LogP contribution in [0, 0.1) is 14.9 Å². The van der Waals surface area contributed by atoms with Crippen LogP contribution in [0.1, 0.15) is 15.9 Å². The molecule has 2 aromatic carbocycles. The minimum Gasteiger partial charge on any atom is -0.321 e. The molecular formula is C14H8ClIN2O. The molecular weight excluding hydrogens is 375 g/mol. The molecule has 0 saturated heterocycles. The largest absolute Gasteiger partial charge is 0.321 e. The van der Waals surface area contributed by atoms with Crippen LogP contribution in [0.5, 0.6) is 0 Å². The van der Waals surface area contributed by atoms with Gasteiger partial charge in [0, 0.05) is 9.13 Å². The van der Waals surface area contributed by atoms with E-state index in [-0.39, 0.29) is 5.91 Å². The van der Waals surface area contributed by atoms with Gasteiger partial charge in [-0.1, -0.05) is 17.7 Å². The molecule has 0 fully saturated rings. The van der Waals surface area contributed by atoms with E-state index in [4.69, 9.17) is 16.9 Å². The maximum atomic E-state index is 12.1. The maximum Gasteiger partial charge on any atom is 0.255 e. The molecule has 0 aliphatic carbocycles. The van der Waals surface area contributed by atoms with Gasteiger partial charge in [0.05, 0.1) is 22.3 Å². The highest BCUT2D eigenvalue weighted by Crippen LogP contribution is 2.23. The number of halogens is 2. The molecule has 0 heterocycles. The van der Waals surface area contributed by atoms with Gasteiger partial charge in [-0.2, -0.15) is 5.26 Å². The molecule has 0 aliphatic rings. The lowest BCUT2D eigenvalue weighted by Gasteiger charge is -2.07. The number of nitrogens with one attached hydrogen (secondary N) is 1. The van der Waals surface area contributed by atoms with Crippen LogP contribution in [0.4, 0.5) is 5.69 Å². The fourth-order valence-electron chi connectivity index (χ4n) is 1.51. The van der Waals surface area contributed by atoms with E-state index in [9.17, 15) is 4.79 Å². The summed E-state index contributed by atoms with van der Waals surface area (Å²) >= 11 is 8.13. The van der Waals surface area contributed by atoms with E-state index >= 15 is 0 Å². The summed E-state index contributed by atoms with van der Waals surface area (Å²) < 4.78 is 0.974. The number of carbonyl (C=O) groups is 1. The molecule has 0 radical (unpaired) electrons. The molecule has 0 bridgehead atoms. The molecule has 94 valence electrons. The number of carbonyl (C=O) groups excluding carboxylic acids is 1. The van der Waals surface area contributed by atoms with Crippen LogP contribution in [0.2, 0.25) is 5.02 Å². The van der Waals surface area contributed by atoms with E-state index in [0.29, 0.717) is 21.8 Å². The predicted molar refractivity (Wildman–Crippen MR) is 83.3 cm³/mol. The number of anilines is 1. The number of nitrogens with zero attached hydrogens (tertiary/aromatic N) is 1. The van der Waals surface area contributed by atoms with Crippen molar-refractivity contribution in [3.63, 3.8) is 0 Å². The highest BCUT2D eigenvalue weighted by atomic mass is 127. The first-order chi connectivity index (χ1) is 9.10. The third-order valence-electron chi connectivity index (χ3n) is 2.43. The molecule has 0 spiro atoms. The predicted octanol–water partition coefficient (Wildman–Crippen LogP) is 4.07. The Balaban J connectivity index is 2.27. The lowest BCUT2D eigenvalue weighted by molar-refractivity contribution is 0.102. The summed E-state index contributed by atoms with van der Waals surface area (Å²) in [5, 5.41) is 11.9. The normalized spacial score (nSPS) is 9.74. The standard InChI is InChI=1S/C14H8ClIN2O/c15-12-5-4-9(8-17)6-13(12)18-14(19)10-2-1-3-11(16)7-10/h1-7H,(H,18,19). The van der Waals surface area contributed by atoms with Crippen molar-refractivity contribution in [1.29, 1.82) is 5.26 Å².